The number of aromatic nitrogens is 6. The molecule has 3 aromatic heterocycles. The lowest BCUT2D eigenvalue weighted by molar-refractivity contribution is -0.162. The van der Waals surface area contributed by atoms with E-state index in [2.05, 4.69) is 25.6 Å². The molecule has 1 N–H and O–H groups in total. The van der Waals surface area contributed by atoms with E-state index in [-0.39, 0.29) is 28.8 Å². The van der Waals surface area contributed by atoms with Crippen LogP contribution in [-0.4, -0.2) is 48.2 Å². The summed E-state index contributed by atoms with van der Waals surface area (Å²) in [7, 11) is 1.65. The maximum absolute atomic E-state index is 13.1. The molecule has 0 aliphatic heterocycles. The van der Waals surface area contributed by atoms with E-state index in [9.17, 15) is 18.0 Å². The summed E-state index contributed by atoms with van der Waals surface area (Å²) in [6.45, 7) is 3.09. The van der Waals surface area contributed by atoms with Gasteiger partial charge >= 0.3 is 6.18 Å². The van der Waals surface area contributed by atoms with E-state index < -0.39 is 18.1 Å². The third-order valence-electron chi connectivity index (χ3n) is 4.00. The fourth-order valence-electron chi connectivity index (χ4n) is 2.55. The summed E-state index contributed by atoms with van der Waals surface area (Å²) in [5.74, 6) is -0.283. The molecule has 1 atom stereocenters. The number of halogens is 3. The fraction of sp³-hybridized carbons (Fsp3) is 0.353. The maximum atomic E-state index is 13.1. The lowest BCUT2D eigenvalue weighted by Gasteiger charge is -2.18. The van der Waals surface area contributed by atoms with Crippen LogP contribution in [0.5, 0.6) is 5.88 Å². The van der Waals surface area contributed by atoms with Crippen molar-refractivity contribution in [3.63, 3.8) is 0 Å². The molecule has 29 heavy (non-hydrogen) atoms. The molecule has 3 rings (SSSR count). The van der Waals surface area contributed by atoms with Crippen LogP contribution in [0.4, 0.5) is 19.0 Å². The monoisotopic (exact) mass is 409 g/mol. The van der Waals surface area contributed by atoms with Crippen LogP contribution in [0.1, 0.15) is 30.2 Å². The van der Waals surface area contributed by atoms with Crippen molar-refractivity contribution in [2.45, 2.75) is 26.1 Å². The Labute approximate surface area is 163 Å². The van der Waals surface area contributed by atoms with Gasteiger partial charge in [-0.3, -0.25) is 9.48 Å². The Hall–Kier alpha value is -3.44. The van der Waals surface area contributed by atoms with Crippen molar-refractivity contribution in [1.29, 1.82) is 0 Å². The number of pyridine rings is 1. The second kappa shape index (κ2) is 7.89. The first-order valence-corrected chi connectivity index (χ1v) is 8.62. The van der Waals surface area contributed by atoms with E-state index in [0.29, 0.717) is 6.61 Å². The highest BCUT2D eigenvalue weighted by Gasteiger charge is 2.38. The summed E-state index contributed by atoms with van der Waals surface area (Å²) >= 11 is 0. The topological polar surface area (TPSA) is 99.8 Å². The summed E-state index contributed by atoms with van der Waals surface area (Å²) in [6.07, 6.45) is -1.99. The second-order valence-corrected chi connectivity index (χ2v) is 6.10. The van der Waals surface area contributed by atoms with E-state index >= 15 is 0 Å². The smallest absolute Gasteiger partial charge is 0.408 e. The lowest BCUT2D eigenvalue weighted by atomic mass is 10.2. The fourth-order valence-corrected chi connectivity index (χ4v) is 2.55. The molecule has 0 aromatic carbocycles. The Balaban J connectivity index is 1.87. The molecule has 0 spiro atoms. The molecular formula is C17H18F3N7O2. The highest BCUT2D eigenvalue weighted by atomic mass is 19.4. The van der Waals surface area contributed by atoms with Gasteiger partial charge in [-0.25, -0.2) is 4.98 Å². The van der Waals surface area contributed by atoms with Gasteiger partial charge in [0.25, 0.3) is 5.91 Å². The number of alkyl halides is 3. The summed E-state index contributed by atoms with van der Waals surface area (Å²) in [6, 6.07) is 2.69. The van der Waals surface area contributed by atoms with Crippen molar-refractivity contribution in [2.24, 2.45) is 7.05 Å². The van der Waals surface area contributed by atoms with Crippen LogP contribution in [0.25, 0.3) is 11.5 Å². The minimum absolute atomic E-state index is 0.0673. The van der Waals surface area contributed by atoms with Crippen molar-refractivity contribution in [1.82, 2.24) is 29.5 Å². The number of ether oxygens (including phenoxy) is 1. The molecule has 1 unspecified atom stereocenters. The largest absolute Gasteiger partial charge is 0.476 e. The van der Waals surface area contributed by atoms with Crippen LogP contribution >= 0.6 is 0 Å². The normalized spacial score (nSPS) is 12.6. The van der Waals surface area contributed by atoms with Crippen LogP contribution in [0.2, 0.25) is 0 Å². The van der Waals surface area contributed by atoms with Gasteiger partial charge in [0.05, 0.1) is 6.61 Å². The molecule has 0 saturated heterocycles. The quantitative estimate of drug-likeness (QED) is 0.672. The Bertz CT molecular complexity index is 1010. The molecule has 3 heterocycles. The zero-order valence-electron chi connectivity index (χ0n) is 15.8. The number of nitrogens with one attached hydrogen (secondary N) is 1. The van der Waals surface area contributed by atoms with Gasteiger partial charge in [-0.1, -0.05) is 6.07 Å². The molecular weight excluding hydrogens is 391 g/mol. The predicted molar refractivity (Wildman–Crippen MR) is 96.3 cm³/mol. The molecule has 0 saturated carbocycles. The van der Waals surface area contributed by atoms with Crippen LogP contribution in [0.3, 0.4) is 0 Å². The summed E-state index contributed by atoms with van der Waals surface area (Å²) in [4.78, 5) is 16.8. The minimum atomic E-state index is -4.47. The number of nitrogens with zero attached hydrogens (tertiary/aromatic N) is 6. The first-order chi connectivity index (χ1) is 13.7. The SMILES string of the molecule is CCOc1nn(C)cc1C(=O)Nc1cccc(-c2nncn2C(C)C(F)(F)F)n1. The van der Waals surface area contributed by atoms with Crippen LogP contribution in [0.15, 0.2) is 30.7 Å². The van der Waals surface area contributed by atoms with Crippen LogP contribution in [-0.2, 0) is 7.05 Å². The number of carbonyl (C=O) groups excluding carboxylic acids is 1. The van der Waals surface area contributed by atoms with Gasteiger partial charge in [0.15, 0.2) is 5.82 Å². The van der Waals surface area contributed by atoms with E-state index in [1.807, 2.05) is 0 Å². The number of rotatable bonds is 6. The van der Waals surface area contributed by atoms with Crippen molar-refractivity contribution >= 4 is 11.7 Å². The molecule has 3 aromatic rings. The number of aryl methyl sites for hydroxylation is 1. The Kier molecular flexibility index (Phi) is 5.52. The van der Waals surface area contributed by atoms with Crippen molar-refractivity contribution in [2.75, 3.05) is 11.9 Å². The molecule has 0 fully saturated rings. The zero-order chi connectivity index (χ0) is 21.2. The lowest BCUT2D eigenvalue weighted by Crippen LogP contribution is -2.24. The zero-order valence-corrected chi connectivity index (χ0v) is 15.8. The Morgan fingerprint density at radius 1 is 1.34 bits per heavy atom. The van der Waals surface area contributed by atoms with Gasteiger partial charge < -0.3 is 14.6 Å². The minimum Gasteiger partial charge on any atom is -0.476 e. The van der Waals surface area contributed by atoms with Crippen molar-refractivity contribution in [3.05, 3.63) is 36.3 Å². The molecule has 0 aliphatic rings. The summed E-state index contributed by atoms with van der Waals surface area (Å²) in [5.41, 5.74) is 0.336. The summed E-state index contributed by atoms with van der Waals surface area (Å²) in [5, 5.41) is 14.0. The second-order valence-electron chi connectivity index (χ2n) is 6.10. The van der Waals surface area contributed by atoms with E-state index in [4.69, 9.17) is 4.74 Å². The number of hydrogen-bond donors (Lipinski definition) is 1. The molecule has 9 nitrogen and oxygen atoms in total. The average molecular weight is 409 g/mol. The Morgan fingerprint density at radius 3 is 2.79 bits per heavy atom. The first kappa shape index (κ1) is 20.3. The number of hydrogen-bond acceptors (Lipinski definition) is 6. The van der Waals surface area contributed by atoms with Crippen molar-refractivity contribution < 1.29 is 22.7 Å². The highest BCUT2D eigenvalue weighted by molar-refractivity contribution is 6.05. The highest BCUT2D eigenvalue weighted by Crippen LogP contribution is 2.32. The number of amides is 1. The van der Waals surface area contributed by atoms with Gasteiger partial charge in [0.1, 0.15) is 29.4 Å². The van der Waals surface area contributed by atoms with Crippen molar-refractivity contribution in [3.8, 4) is 17.4 Å². The molecule has 0 aliphatic carbocycles. The molecule has 154 valence electrons. The molecule has 0 bridgehead atoms. The van der Waals surface area contributed by atoms with E-state index in [0.717, 1.165) is 17.8 Å². The van der Waals surface area contributed by atoms with Gasteiger partial charge in [-0.05, 0) is 26.0 Å². The van der Waals surface area contributed by atoms with Gasteiger partial charge in [0.2, 0.25) is 5.88 Å². The standard InChI is InChI=1S/C17H18F3N7O2/c1-4-29-16-11(8-26(3)25-16)15(28)23-13-7-5-6-12(22-13)14-24-21-9-27(14)10(2)17(18,19)20/h5-10H,4H2,1-3H3,(H,22,23,28). The van der Waals surface area contributed by atoms with Crippen LogP contribution in [0, 0.1) is 0 Å². The summed E-state index contributed by atoms with van der Waals surface area (Å²) < 4.78 is 46.9. The van der Waals surface area contributed by atoms with Gasteiger partial charge in [0, 0.05) is 13.2 Å². The van der Waals surface area contributed by atoms with E-state index in [1.165, 1.54) is 23.0 Å². The van der Waals surface area contributed by atoms with Crippen LogP contribution < -0.4 is 10.1 Å². The maximum Gasteiger partial charge on any atom is 0.408 e. The number of carbonyl (C=O) groups is 1. The predicted octanol–water partition coefficient (Wildman–Crippen LogP) is 2.85. The Morgan fingerprint density at radius 2 is 2.10 bits per heavy atom. The molecule has 12 heteroatoms. The number of anilines is 1. The van der Waals surface area contributed by atoms with Gasteiger partial charge in [-0.15, -0.1) is 15.3 Å². The third-order valence-corrected chi connectivity index (χ3v) is 4.00. The van der Waals surface area contributed by atoms with Gasteiger partial charge in [-0.2, -0.15) is 13.2 Å². The first-order valence-electron chi connectivity index (χ1n) is 8.62. The third kappa shape index (κ3) is 4.36. The molecule has 0 radical (unpaired) electrons. The molecule has 1 amide bonds. The average Bonchev–Trinajstić information content (AvgIpc) is 3.27. The van der Waals surface area contributed by atoms with E-state index in [1.54, 1.807) is 20.0 Å².